The molecule has 5 heteroatoms. The van der Waals surface area contributed by atoms with E-state index in [0.717, 1.165) is 36.9 Å². The Bertz CT molecular complexity index is 683. The first kappa shape index (κ1) is 13.9. The molecule has 1 heterocycles. The van der Waals surface area contributed by atoms with Crippen molar-refractivity contribution < 1.29 is 14.6 Å². The number of carbonyl (C=O) groups is 1. The molecule has 2 aromatic rings. The Balaban J connectivity index is 1.99. The number of halogens is 1. The van der Waals surface area contributed by atoms with Crippen LogP contribution >= 0.6 is 11.6 Å². The number of rotatable bonds is 3. The highest BCUT2D eigenvalue weighted by Crippen LogP contribution is 2.29. The molecule has 1 aliphatic carbocycles. The number of hydrogen-bond donors (Lipinski definition) is 1. The molecule has 21 heavy (non-hydrogen) atoms. The molecule has 0 fully saturated rings. The Morgan fingerprint density at radius 3 is 2.62 bits per heavy atom. The van der Waals surface area contributed by atoms with Crippen molar-refractivity contribution in [2.75, 3.05) is 0 Å². The summed E-state index contributed by atoms with van der Waals surface area (Å²) < 4.78 is 5.64. The van der Waals surface area contributed by atoms with Gasteiger partial charge in [-0.3, -0.25) is 0 Å². The molecule has 0 amide bonds. The second-order valence-electron chi connectivity index (χ2n) is 5.02. The minimum Gasteiger partial charge on any atom is -0.477 e. The van der Waals surface area contributed by atoms with Gasteiger partial charge in [-0.15, -0.1) is 0 Å². The fourth-order valence-electron chi connectivity index (χ4n) is 2.46. The number of nitrogens with zero attached hydrogens (tertiary/aromatic N) is 1. The number of aryl methyl sites for hydroxylation is 2. The van der Waals surface area contributed by atoms with Gasteiger partial charge in [0.2, 0.25) is 5.88 Å². The number of aromatic carboxylic acids is 1. The van der Waals surface area contributed by atoms with E-state index in [1.54, 1.807) is 30.3 Å². The monoisotopic (exact) mass is 303 g/mol. The summed E-state index contributed by atoms with van der Waals surface area (Å²) in [5, 5.41) is 9.94. The van der Waals surface area contributed by atoms with Gasteiger partial charge in [0, 0.05) is 10.7 Å². The summed E-state index contributed by atoms with van der Waals surface area (Å²) in [5.41, 5.74) is 2.06. The van der Waals surface area contributed by atoms with E-state index in [2.05, 4.69) is 4.98 Å². The third-order valence-corrected chi connectivity index (χ3v) is 3.78. The van der Waals surface area contributed by atoms with Gasteiger partial charge < -0.3 is 9.84 Å². The topological polar surface area (TPSA) is 59.4 Å². The number of carboxylic acid groups (broad SMARTS) is 1. The lowest BCUT2D eigenvalue weighted by Crippen LogP contribution is -2.11. The summed E-state index contributed by atoms with van der Waals surface area (Å²) in [5.74, 6) is -0.365. The second-order valence-corrected chi connectivity index (χ2v) is 5.45. The molecule has 108 valence electrons. The van der Waals surface area contributed by atoms with Crippen molar-refractivity contribution in [2.45, 2.75) is 25.7 Å². The lowest BCUT2D eigenvalue weighted by atomic mass is 9.95. The molecule has 3 rings (SSSR count). The number of aromatic nitrogens is 1. The molecule has 1 N–H and O–H groups in total. The van der Waals surface area contributed by atoms with Gasteiger partial charge in [0.25, 0.3) is 0 Å². The van der Waals surface area contributed by atoms with Crippen LogP contribution in [0.3, 0.4) is 0 Å². The molecule has 0 saturated heterocycles. The lowest BCUT2D eigenvalue weighted by molar-refractivity contribution is 0.0693. The van der Waals surface area contributed by atoms with Crippen molar-refractivity contribution in [1.29, 1.82) is 0 Å². The minimum atomic E-state index is -1.03. The minimum absolute atomic E-state index is 0.102. The second kappa shape index (κ2) is 5.74. The normalized spacial score (nSPS) is 13.6. The smallest absolute Gasteiger partial charge is 0.341 e. The van der Waals surface area contributed by atoms with Crippen molar-refractivity contribution in [3.05, 3.63) is 52.2 Å². The summed E-state index contributed by atoms with van der Waals surface area (Å²) in [6, 6.07) is 8.45. The Hall–Kier alpha value is -2.07. The Kier molecular flexibility index (Phi) is 3.80. The standard InChI is InChI=1S/C16H14ClNO3/c17-11-5-7-12(8-6-11)21-15-13(16(19)20)9-10-3-1-2-4-14(10)18-15/h5-9H,1-4H2,(H,19,20). The van der Waals surface area contributed by atoms with Gasteiger partial charge in [-0.05, 0) is 61.6 Å². The number of hydrogen-bond acceptors (Lipinski definition) is 3. The molecule has 0 aliphatic heterocycles. The first-order valence-electron chi connectivity index (χ1n) is 6.83. The molecular formula is C16H14ClNO3. The summed E-state index contributed by atoms with van der Waals surface area (Å²) >= 11 is 5.83. The molecule has 0 unspecified atom stereocenters. The van der Waals surface area contributed by atoms with Crippen LogP contribution in [-0.4, -0.2) is 16.1 Å². The van der Waals surface area contributed by atoms with Crippen LogP contribution in [0.1, 0.15) is 34.5 Å². The summed E-state index contributed by atoms with van der Waals surface area (Å²) in [6.07, 6.45) is 3.90. The van der Waals surface area contributed by atoms with Crippen LogP contribution in [0.4, 0.5) is 0 Å². The highest BCUT2D eigenvalue weighted by Gasteiger charge is 2.20. The van der Waals surface area contributed by atoms with Gasteiger partial charge in [0.05, 0.1) is 0 Å². The fourth-order valence-corrected chi connectivity index (χ4v) is 2.59. The lowest BCUT2D eigenvalue weighted by Gasteiger charge is -2.17. The molecule has 0 radical (unpaired) electrons. The van der Waals surface area contributed by atoms with Crippen LogP contribution in [0.25, 0.3) is 0 Å². The molecule has 0 spiro atoms. The molecule has 0 saturated carbocycles. The predicted octanol–water partition coefficient (Wildman–Crippen LogP) is 4.10. The fraction of sp³-hybridized carbons (Fsp3) is 0.250. The first-order valence-corrected chi connectivity index (χ1v) is 7.21. The van der Waals surface area contributed by atoms with Crippen LogP contribution in [0, 0.1) is 0 Å². The van der Waals surface area contributed by atoms with Gasteiger partial charge in [-0.25, -0.2) is 9.78 Å². The van der Waals surface area contributed by atoms with E-state index >= 15 is 0 Å². The average molecular weight is 304 g/mol. The number of benzene rings is 1. The van der Waals surface area contributed by atoms with Crippen molar-refractivity contribution in [3.8, 4) is 11.6 Å². The van der Waals surface area contributed by atoms with E-state index < -0.39 is 5.97 Å². The predicted molar refractivity (Wildman–Crippen MR) is 79.4 cm³/mol. The van der Waals surface area contributed by atoms with Crippen molar-refractivity contribution in [1.82, 2.24) is 4.98 Å². The maximum Gasteiger partial charge on any atom is 0.341 e. The molecule has 4 nitrogen and oxygen atoms in total. The zero-order valence-corrected chi connectivity index (χ0v) is 12.1. The maximum absolute atomic E-state index is 11.4. The molecule has 0 bridgehead atoms. The zero-order chi connectivity index (χ0) is 14.8. The zero-order valence-electron chi connectivity index (χ0n) is 11.3. The van der Waals surface area contributed by atoms with Crippen molar-refractivity contribution in [3.63, 3.8) is 0 Å². The maximum atomic E-state index is 11.4. The third kappa shape index (κ3) is 3.00. The molecule has 1 aliphatic rings. The van der Waals surface area contributed by atoms with Gasteiger partial charge >= 0.3 is 5.97 Å². The molecule has 1 aromatic carbocycles. The van der Waals surface area contributed by atoms with Crippen LogP contribution in [0.5, 0.6) is 11.6 Å². The van der Waals surface area contributed by atoms with E-state index in [1.807, 2.05) is 0 Å². The van der Waals surface area contributed by atoms with Crippen LogP contribution in [0.15, 0.2) is 30.3 Å². The Labute approximate surface area is 127 Å². The molecule has 0 atom stereocenters. The summed E-state index contributed by atoms with van der Waals surface area (Å²) in [6.45, 7) is 0. The largest absolute Gasteiger partial charge is 0.477 e. The number of ether oxygens (including phenoxy) is 1. The molecule has 1 aromatic heterocycles. The summed E-state index contributed by atoms with van der Waals surface area (Å²) in [4.78, 5) is 15.8. The highest BCUT2D eigenvalue weighted by molar-refractivity contribution is 6.30. The average Bonchev–Trinajstić information content (AvgIpc) is 2.48. The van der Waals surface area contributed by atoms with Gasteiger partial charge in [0.15, 0.2) is 0 Å². The number of pyridine rings is 1. The van der Waals surface area contributed by atoms with E-state index in [9.17, 15) is 9.90 Å². The Morgan fingerprint density at radius 2 is 1.90 bits per heavy atom. The van der Waals surface area contributed by atoms with Gasteiger partial charge in [-0.1, -0.05) is 11.6 Å². The number of carboxylic acids is 1. The van der Waals surface area contributed by atoms with Gasteiger partial charge in [-0.2, -0.15) is 0 Å². The van der Waals surface area contributed by atoms with Crippen LogP contribution in [-0.2, 0) is 12.8 Å². The number of fused-ring (bicyclic) bond motifs is 1. The van der Waals surface area contributed by atoms with E-state index in [1.165, 1.54) is 0 Å². The van der Waals surface area contributed by atoms with Crippen LogP contribution < -0.4 is 4.74 Å². The Morgan fingerprint density at radius 1 is 1.19 bits per heavy atom. The first-order chi connectivity index (χ1) is 10.1. The SMILES string of the molecule is O=C(O)c1cc2c(nc1Oc1ccc(Cl)cc1)CCCC2. The van der Waals surface area contributed by atoms with E-state index in [0.29, 0.717) is 10.8 Å². The third-order valence-electron chi connectivity index (χ3n) is 3.52. The summed E-state index contributed by atoms with van der Waals surface area (Å²) in [7, 11) is 0. The van der Waals surface area contributed by atoms with E-state index in [-0.39, 0.29) is 11.4 Å². The van der Waals surface area contributed by atoms with Crippen molar-refractivity contribution >= 4 is 17.6 Å². The van der Waals surface area contributed by atoms with Gasteiger partial charge in [0.1, 0.15) is 11.3 Å². The highest BCUT2D eigenvalue weighted by atomic mass is 35.5. The quantitative estimate of drug-likeness (QED) is 0.927. The van der Waals surface area contributed by atoms with Crippen molar-refractivity contribution in [2.24, 2.45) is 0 Å². The molecular weight excluding hydrogens is 290 g/mol. The van der Waals surface area contributed by atoms with Crippen LogP contribution in [0.2, 0.25) is 5.02 Å². The van der Waals surface area contributed by atoms with E-state index in [4.69, 9.17) is 16.3 Å².